The predicted molar refractivity (Wildman–Crippen MR) is 104 cm³/mol. The molecule has 3 aromatic rings. The molecule has 1 atom stereocenters. The lowest BCUT2D eigenvalue weighted by Crippen LogP contribution is -2.12. The molecule has 5 heteroatoms. The largest absolute Gasteiger partial charge is 0.508 e. The molecule has 0 amide bonds. The van der Waals surface area contributed by atoms with Gasteiger partial charge < -0.3 is 9.84 Å². The van der Waals surface area contributed by atoms with Crippen LogP contribution >= 0.6 is 0 Å². The van der Waals surface area contributed by atoms with Gasteiger partial charge in [0.2, 0.25) is 0 Å². The van der Waals surface area contributed by atoms with Gasteiger partial charge in [0.05, 0.1) is 0 Å². The number of phenols is 1. The highest BCUT2D eigenvalue weighted by Gasteiger charge is 2.08. The third-order valence-corrected chi connectivity index (χ3v) is 4.27. The number of nitrogens with zero attached hydrogens (tertiary/aromatic N) is 2. The number of phenolic OH excluding ortho intramolecular Hbond substituents is 1. The molecule has 0 spiro atoms. The first kappa shape index (κ1) is 18.8. The first-order valence-electron chi connectivity index (χ1n) is 9.14. The van der Waals surface area contributed by atoms with E-state index in [4.69, 9.17) is 4.74 Å². The van der Waals surface area contributed by atoms with Crippen LogP contribution in [0.15, 0.2) is 60.9 Å². The number of halogens is 1. The molecule has 0 radical (unpaired) electrons. The summed E-state index contributed by atoms with van der Waals surface area (Å²) in [5.41, 5.74) is 2.68. The average molecular weight is 366 g/mol. The maximum Gasteiger partial charge on any atom is 0.159 e. The zero-order valence-electron chi connectivity index (χ0n) is 15.3. The van der Waals surface area contributed by atoms with Crippen LogP contribution in [0.3, 0.4) is 0 Å². The van der Waals surface area contributed by atoms with Crippen LogP contribution in [0.4, 0.5) is 4.39 Å². The van der Waals surface area contributed by atoms with Crippen molar-refractivity contribution in [2.45, 2.75) is 32.4 Å². The van der Waals surface area contributed by atoms with Gasteiger partial charge in [0.25, 0.3) is 0 Å². The average Bonchev–Trinajstić information content (AvgIpc) is 2.72. The Morgan fingerprint density at radius 2 is 1.56 bits per heavy atom. The van der Waals surface area contributed by atoms with Crippen molar-refractivity contribution in [3.8, 4) is 34.0 Å². The molecule has 0 saturated heterocycles. The number of aromatic nitrogens is 2. The van der Waals surface area contributed by atoms with E-state index in [0.29, 0.717) is 18.0 Å². The van der Waals surface area contributed by atoms with E-state index in [1.165, 1.54) is 0 Å². The second kappa shape index (κ2) is 9.12. The zero-order valence-corrected chi connectivity index (χ0v) is 15.3. The van der Waals surface area contributed by atoms with Crippen LogP contribution in [0.5, 0.6) is 11.5 Å². The van der Waals surface area contributed by atoms with E-state index in [1.54, 1.807) is 36.7 Å². The van der Waals surface area contributed by atoms with E-state index < -0.39 is 6.17 Å². The second-order valence-electron chi connectivity index (χ2n) is 6.42. The summed E-state index contributed by atoms with van der Waals surface area (Å²) in [6.45, 7) is 2.13. The summed E-state index contributed by atoms with van der Waals surface area (Å²) >= 11 is 0. The molecule has 1 heterocycles. The van der Waals surface area contributed by atoms with Crippen molar-refractivity contribution < 1.29 is 14.2 Å². The second-order valence-corrected chi connectivity index (χ2v) is 6.42. The summed E-state index contributed by atoms with van der Waals surface area (Å²) in [6.07, 6.45) is 4.97. The van der Waals surface area contributed by atoms with Gasteiger partial charge in [-0.05, 0) is 48.4 Å². The van der Waals surface area contributed by atoms with Gasteiger partial charge in [0.1, 0.15) is 24.3 Å². The fourth-order valence-electron chi connectivity index (χ4n) is 2.68. The molecule has 1 N–H and O–H groups in total. The standard InChI is InChI=1S/C22H23FN2O2/c1-2-3-4-19(23)15-27-21-11-7-17(8-12-21)22-24-13-18(14-25-22)16-5-9-20(26)10-6-16/h5-14,19,26H,2-4,15H2,1H3/t19-/m1/s1. The lowest BCUT2D eigenvalue weighted by atomic mass is 10.1. The Morgan fingerprint density at radius 3 is 2.19 bits per heavy atom. The van der Waals surface area contributed by atoms with Gasteiger partial charge in [-0.3, -0.25) is 0 Å². The fourth-order valence-corrected chi connectivity index (χ4v) is 2.68. The predicted octanol–water partition coefficient (Wildman–Crippen LogP) is 5.42. The number of rotatable bonds is 8. The van der Waals surface area contributed by atoms with E-state index in [0.717, 1.165) is 29.5 Å². The molecule has 140 valence electrons. The van der Waals surface area contributed by atoms with Crippen LogP contribution in [0, 0.1) is 0 Å². The highest BCUT2D eigenvalue weighted by molar-refractivity contribution is 5.64. The molecular formula is C22H23FN2O2. The third kappa shape index (κ3) is 5.26. The van der Waals surface area contributed by atoms with Crippen LogP contribution in [-0.2, 0) is 0 Å². The molecule has 3 rings (SSSR count). The molecule has 2 aromatic carbocycles. The van der Waals surface area contributed by atoms with Gasteiger partial charge in [-0.15, -0.1) is 0 Å². The van der Waals surface area contributed by atoms with Gasteiger partial charge in [-0.2, -0.15) is 0 Å². The maximum absolute atomic E-state index is 13.7. The van der Waals surface area contributed by atoms with E-state index in [2.05, 4.69) is 9.97 Å². The molecule has 0 bridgehead atoms. The molecular weight excluding hydrogens is 343 g/mol. The van der Waals surface area contributed by atoms with E-state index in [-0.39, 0.29) is 12.4 Å². The van der Waals surface area contributed by atoms with Crippen LogP contribution in [0.25, 0.3) is 22.5 Å². The molecule has 0 fully saturated rings. The number of aromatic hydroxyl groups is 1. The number of hydrogen-bond donors (Lipinski definition) is 1. The number of benzene rings is 2. The topological polar surface area (TPSA) is 55.2 Å². The molecule has 4 nitrogen and oxygen atoms in total. The van der Waals surface area contributed by atoms with Gasteiger partial charge >= 0.3 is 0 Å². The van der Waals surface area contributed by atoms with Gasteiger partial charge in [-0.25, -0.2) is 14.4 Å². The molecule has 27 heavy (non-hydrogen) atoms. The van der Waals surface area contributed by atoms with Crippen molar-refractivity contribution in [2.24, 2.45) is 0 Å². The van der Waals surface area contributed by atoms with E-state index in [1.807, 2.05) is 31.2 Å². The van der Waals surface area contributed by atoms with Crippen molar-refractivity contribution in [1.29, 1.82) is 0 Å². The van der Waals surface area contributed by atoms with Crippen molar-refractivity contribution >= 4 is 0 Å². The minimum Gasteiger partial charge on any atom is -0.508 e. The van der Waals surface area contributed by atoms with Gasteiger partial charge in [0.15, 0.2) is 5.82 Å². The number of hydrogen-bond acceptors (Lipinski definition) is 4. The number of ether oxygens (including phenoxy) is 1. The number of unbranched alkanes of at least 4 members (excludes halogenated alkanes) is 1. The minimum atomic E-state index is -0.930. The van der Waals surface area contributed by atoms with Crippen LogP contribution < -0.4 is 4.74 Å². The minimum absolute atomic E-state index is 0.0805. The van der Waals surface area contributed by atoms with Crippen molar-refractivity contribution in [3.05, 3.63) is 60.9 Å². The highest BCUT2D eigenvalue weighted by atomic mass is 19.1. The Kier molecular flexibility index (Phi) is 6.36. The normalized spacial score (nSPS) is 11.9. The molecule has 0 saturated carbocycles. The molecule has 1 aromatic heterocycles. The first-order chi connectivity index (χ1) is 13.2. The quantitative estimate of drug-likeness (QED) is 0.578. The van der Waals surface area contributed by atoms with Crippen LogP contribution in [-0.4, -0.2) is 27.9 Å². The monoisotopic (exact) mass is 366 g/mol. The summed E-state index contributed by atoms with van der Waals surface area (Å²) in [6, 6.07) is 14.2. The van der Waals surface area contributed by atoms with Gasteiger partial charge in [0, 0.05) is 23.5 Å². The Labute approximate surface area is 158 Å². The van der Waals surface area contributed by atoms with Crippen molar-refractivity contribution in [3.63, 3.8) is 0 Å². The lowest BCUT2D eigenvalue weighted by molar-refractivity contribution is 0.184. The highest BCUT2D eigenvalue weighted by Crippen LogP contribution is 2.23. The summed E-state index contributed by atoms with van der Waals surface area (Å²) in [4.78, 5) is 8.82. The summed E-state index contributed by atoms with van der Waals surface area (Å²) in [7, 11) is 0. The van der Waals surface area contributed by atoms with Crippen molar-refractivity contribution in [1.82, 2.24) is 9.97 Å². The van der Waals surface area contributed by atoms with E-state index >= 15 is 0 Å². The zero-order chi connectivity index (χ0) is 19.1. The Balaban J connectivity index is 1.62. The Bertz CT molecular complexity index is 834. The summed E-state index contributed by atoms with van der Waals surface area (Å²) < 4.78 is 19.2. The van der Waals surface area contributed by atoms with Gasteiger partial charge in [-0.1, -0.05) is 31.9 Å². The van der Waals surface area contributed by atoms with Crippen LogP contribution in [0.2, 0.25) is 0 Å². The Hall–Kier alpha value is -2.95. The SMILES string of the molecule is CCCC[C@@H](F)COc1ccc(-c2ncc(-c3ccc(O)cc3)cn2)cc1. The molecule has 0 unspecified atom stereocenters. The number of alkyl halides is 1. The summed E-state index contributed by atoms with van der Waals surface area (Å²) in [5.74, 6) is 1.47. The third-order valence-electron chi connectivity index (χ3n) is 4.27. The van der Waals surface area contributed by atoms with Crippen molar-refractivity contribution in [2.75, 3.05) is 6.61 Å². The molecule has 0 aliphatic heterocycles. The first-order valence-corrected chi connectivity index (χ1v) is 9.14. The fraction of sp³-hybridized carbons (Fsp3) is 0.273. The summed E-state index contributed by atoms with van der Waals surface area (Å²) in [5, 5.41) is 9.36. The maximum atomic E-state index is 13.7. The lowest BCUT2D eigenvalue weighted by Gasteiger charge is -2.10. The molecule has 0 aliphatic carbocycles. The molecule has 0 aliphatic rings. The Morgan fingerprint density at radius 1 is 0.926 bits per heavy atom. The smallest absolute Gasteiger partial charge is 0.159 e. The van der Waals surface area contributed by atoms with Crippen LogP contribution in [0.1, 0.15) is 26.2 Å². The van der Waals surface area contributed by atoms with E-state index in [9.17, 15) is 9.50 Å².